The molecule has 0 amide bonds. The van der Waals surface area contributed by atoms with Crippen LogP contribution in [0.1, 0.15) is 28.5 Å². The maximum absolute atomic E-state index is 6.59. The Morgan fingerprint density at radius 1 is 0.950 bits per heavy atom. The van der Waals surface area contributed by atoms with Crippen LogP contribution >= 0.6 is 11.6 Å². The molecule has 3 heteroatoms. The second-order valence-electron chi connectivity index (χ2n) is 5.03. The first-order valence-electron chi connectivity index (χ1n) is 6.84. The minimum atomic E-state index is -0.174. The van der Waals surface area contributed by atoms with Crippen molar-refractivity contribution in [3.8, 4) is 11.5 Å². The van der Waals surface area contributed by atoms with E-state index in [1.54, 1.807) is 0 Å². The molecule has 0 aliphatic carbocycles. The lowest BCUT2D eigenvalue weighted by molar-refractivity contribution is 0.297. The lowest BCUT2D eigenvalue weighted by Gasteiger charge is -2.14. The number of rotatable bonds is 2. The van der Waals surface area contributed by atoms with Crippen LogP contribution in [0.25, 0.3) is 0 Å². The summed E-state index contributed by atoms with van der Waals surface area (Å²) in [5, 5.41) is -0.174. The van der Waals surface area contributed by atoms with Gasteiger partial charge in [-0.3, -0.25) is 0 Å². The standard InChI is InChI=1S/C17H17ClO2/c1-12-4-2-5-13(10-12)17(18)14-6-7-15-16(11-14)20-9-3-8-19-15/h2,4-7,10-11,17H,3,8-9H2,1H3. The van der Waals surface area contributed by atoms with E-state index in [1.807, 2.05) is 30.3 Å². The molecular weight excluding hydrogens is 272 g/mol. The minimum absolute atomic E-state index is 0.174. The predicted molar refractivity (Wildman–Crippen MR) is 80.9 cm³/mol. The average Bonchev–Trinajstić information content (AvgIpc) is 2.71. The first-order valence-corrected chi connectivity index (χ1v) is 7.28. The van der Waals surface area contributed by atoms with Gasteiger partial charge < -0.3 is 9.47 Å². The third-order valence-electron chi connectivity index (χ3n) is 3.40. The molecule has 2 nitrogen and oxygen atoms in total. The molecular formula is C17H17ClO2. The van der Waals surface area contributed by atoms with Gasteiger partial charge in [-0.25, -0.2) is 0 Å². The zero-order valence-corrected chi connectivity index (χ0v) is 12.2. The lowest BCUT2D eigenvalue weighted by atomic mass is 10.0. The average molecular weight is 289 g/mol. The largest absolute Gasteiger partial charge is 0.490 e. The fourth-order valence-corrected chi connectivity index (χ4v) is 2.63. The number of hydrogen-bond donors (Lipinski definition) is 0. The number of alkyl halides is 1. The Labute approximate surface area is 124 Å². The van der Waals surface area contributed by atoms with Crippen LogP contribution in [0.2, 0.25) is 0 Å². The van der Waals surface area contributed by atoms with Gasteiger partial charge in [0.25, 0.3) is 0 Å². The van der Waals surface area contributed by atoms with Gasteiger partial charge in [0.1, 0.15) is 0 Å². The van der Waals surface area contributed by atoms with Gasteiger partial charge in [-0.1, -0.05) is 35.9 Å². The van der Waals surface area contributed by atoms with Gasteiger partial charge in [0.15, 0.2) is 11.5 Å². The van der Waals surface area contributed by atoms with E-state index in [2.05, 4.69) is 19.1 Å². The van der Waals surface area contributed by atoms with E-state index < -0.39 is 0 Å². The van der Waals surface area contributed by atoms with Crippen LogP contribution in [-0.4, -0.2) is 13.2 Å². The summed E-state index contributed by atoms with van der Waals surface area (Å²) in [6.45, 7) is 3.46. The summed E-state index contributed by atoms with van der Waals surface area (Å²) in [6, 6.07) is 14.2. The smallest absolute Gasteiger partial charge is 0.161 e. The van der Waals surface area contributed by atoms with Crippen molar-refractivity contribution in [2.24, 2.45) is 0 Å². The number of hydrogen-bond acceptors (Lipinski definition) is 2. The SMILES string of the molecule is Cc1cccc(C(Cl)c2ccc3c(c2)OCCCO3)c1. The van der Waals surface area contributed by atoms with Crippen molar-refractivity contribution in [1.29, 1.82) is 0 Å². The van der Waals surface area contributed by atoms with Crippen molar-refractivity contribution in [3.63, 3.8) is 0 Å². The van der Waals surface area contributed by atoms with Crippen molar-refractivity contribution in [2.45, 2.75) is 18.7 Å². The highest BCUT2D eigenvalue weighted by atomic mass is 35.5. The molecule has 2 aromatic carbocycles. The van der Waals surface area contributed by atoms with Crippen molar-refractivity contribution in [1.82, 2.24) is 0 Å². The Balaban J connectivity index is 1.92. The van der Waals surface area contributed by atoms with E-state index in [-0.39, 0.29) is 5.38 Å². The highest BCUT2D eigenvalue weighted by Crippen LogP contribution is 2.36. The van der Waals surface area contributed by atoms with Crippen molar-refractivity contribution in [2.75, 3.05) is 13.2 Å². The first kappa shape index (κ1) is 13.3. The maximum atomic E-state index is 6.59. The fourth-order valence-electron chi connectivity index (χ4n) is 2.36. The molecule has 0 saturated heterocycles. The molecule has 0 bridgehead atoms. The van der Waals surface area contributed by atoms with Gasteiger partial charge in [-0.05, 0) is 30.2 Å². The summed E-state index contributed by atoms with van der Waals surface area (Å²) < 4.78 is 11.4. The molecule has 1 atom stereocenters. The van der Waals surface area contributed by atoms with Crippen LogP contribution < -0.4 is 9.47 Å². The zero-order chi connectivity index (χ0) is 13.9. The Kier molecular flexibility index (Phi) is 3.83. The van der Waals surface area contributed by atoms with Crippen LogP contribution in [0.3, 0.4) is 0 Å². The van der Waals surface area contributed by atoms with Gasteiger partial charge in [-0.15, -0.1) is 11.6 Å². The van der Waals surface area contributed by atoms with E-state index in [4.69, 9.17) is 21.1 Å². The second-order valence-corrected chi connectivity index (χ2v) is 5.47. The molecule has 0 radical (unpaired) electrons. The molecule has 1 aliphatic rings. The maximum Gasteiger partial charge on any atom is 0.161 e. The molecule has 3 rings (SSSR count). The third kappa shape index (κ3) is 2.75. The van der Waals surface area contributed by atoms with Crippen LogP contribution in [0, 0.1) is 6.92 Å². The summed E-state index contributed by atoms with van der Waals surface area (Å²) in [6.07, 6.45) is 0.909. The fraction of sp³-hybridized carbons (Fsp3) is 0.294. The molecule has 0 aromatic heterocycles. The first-order chi connectivity index (χ1) is 9.74. The second kappa shape index (κ2) is 5.76. The zero-order valence-electron chi connectivity index (χ0n) is 11.4. The van der Waals surface area contributed by atoms with Gasteiger partial charge >= 0.3 is 0 Å². The predicted octanol–water partition coefficient (Wildman–Crippen LogP) is 4.48. The monoisotopic (exact) mass is 288 g/mol. The van der Waals surface area contributed by atoms with E-state index in [9.17, 15) is 0 Å². The molecule has 1 heterocycles. The Morgan fingerprint density at radius 2 is 1.70 bits per heavy atom. The Hall–Kier alpha value is -1.67. The highest BCUT2D eigenvalue weighted by molar-refractivity contribution is 6.22. The number of aryl methyl sites for hydroxylation is 1. The topological polar surface area (TPSA) is 18.5 Å². The molecule has 1 unspecified atom stereocenters. The molecule has 0 fully saturated rings. The van der Waals surface area contributed by atoms with E-state index in [0.29, 0.717) is 13.2 Å². The summed E-state index contributed by atoms with van der Waals surface area (Å²) in [5.41, 5.74) is 3.34. The van der Waals surface area contributed by atoms with E-state index in [0.717, 1.165) is 29.0 Å². The van der Waals surface area contributed by atoms with Crippen molar-refractivity contribution < 1.29 is 9.47 Å². The summed E-state index contributed by atoms with van der Waals surface area (Å²) in [5.74, 6) is 1.60. The highest BCUT2D eigenvalue weighted by Gasteiger charge is 2.16. The summed E-state index contributed by atoms with van der Waals surface area (Å²) in [4.78, 5) is 0. The minimum Gasteiger partial charge on any atom is -0.490 e. The van der Waals surface area contributed by atoms with E-state index in [1.165, 1.54) is 5.56 Å². The van der Waals surface area contributed by atoms with Crippen LogP contribution in [0.15, 0.2) is 42.5 Å². The normalized spacial score (nSPS) is 15.5. The molecule has 20 heavy (non-hydrogen) atoms. The molecule has 0 spiro atoms. The van der Waals surface area contributed by atoms with E-state index >= 15 is 0 Å². The van der Waals surface area contributed by atoms with Crippen LogP contribution in [-0.2, 0) is 0 Å². The van der Waals surface area contributed by atoms with Crippen LogP contribution in [0.5, 0.6) is 11.5 Å². The summed E-state index contributed by atoms with van der Waals surface area (Å²) >= 11 is 6.59. The molecule has 2 aromatic rings. The molecule has 1 aliphatic heterocycles. The lowest BCUT2D eigenvalue weighted by Crippen LogP contribution is -1.97. The third-order valence-corrected chi connectivity index (χ3v) is 3.90. The van der Waals surface area contributed by atoms with Crippen molar-refractivity contribution >= 4 is 11.6 Å². The molecule has 0 saturated carbocycles. The van der Waals surface area contributed by atoms with Gasteiger partial charge in [0.05, 0.1) is 18.6 Å². The quantitative estimate of drug-likeness (QED) is 0.758. The Bertz CT molecular complexity index is 610. The number of ether oxygens (including phenoxy) is 2. The number of fused-ring (bicyclic) bond motifs is 1. The number of halogens is 1. The summed E-state index contributed by atoms with van der Waals surface area (Å²) in [7, 11) is 0. The van der Waals surface area contributed by atoms with Gasteiger partial charge in [0, 0.05) is 6.42 Å². The number of benzene rings is 2. The van der Waals surface area contributed by atoms with Crippen LogP contribution in [0.4, 0.5) is 0 Å². The Morgan fingerprint density at radius 3 is 2.50 bits per heavy atom. The van der Waals surface area contributed by atoms with Gasteiger partial charge in [-0.2, -0.15) is 0 Å². The molecule has 104 valence electrons. The molecule has 0 N–H and O–H groups in total. The van der Waals surface area contributed by atoms with Crippen molar-refractivity contribution in [3.05, 3.63) is 59.2 Å². The van der Waals surface area contributed by atoms with Gasteiger partial charge in [0.2, 0.25) is 0 Å².